The molecule has 0 bridgehead atoms. The fraction of sp³-hybridized carbons (Fsp3) is 0.182. The summed E-state index contributed by atoms with van der Waals surface area (Å²) >= 11 is 9.58. The first kappa shape index (κ1) is 10.7. The van der Waals surface area contributed by atoms with Crippen LogP contribution in [-0.2, 0) is 0 Å². The van der Waals surface area contributed by atoms with Crippen LogP contribution in [0.2, 0.25) is 5.02 Å². The highest BCUT2D eigenvalue weighted by molar-refractivity contribution is 9.10. The molecule has 0 aliphatic rings. The van der Waals surface area contributed by atoms with E-state index in [0.717, 1.165) is 26.6 Å². The molecule has 78 valence electrons. The first-order chi connectivity index (χ1) is 7.00. The second-order valence-corrected chi connectivity index (χ2v) is 4.82. The predicted octanol–water partition coefficient (Wildman–Crippen LogP) is 3.85. The average Bonchev–Trinajstić information content (AvgIpc) is 2.13. The zero-order valence-electron chi connectivity index (χ0n) is 8.44. The molecule has 1 heterocycles. The summed E-state index contributed by atoms with van der Waals surface area (Å²) in [6.07, 6.45) is 0. The van der Waals surface area contributed by atoms with E-state index in [1.807, 2.05) is 26.0 Å². The van der Waals surface area contributed by atoms with Gasteiger partial charge in [-0.15, -0.1) is 0 Å². The van der Waals surface area contributed by atoms with Crippen molar-refractivity contribution in [2.75, 3.05) is 5.73 Å². The van der Waals surface area contributed by atoms with Gasteiger partial charge in [0.15, 0.2) is 0 Å². The molecule has 0 amide bonds. The van der Waals surface area contributed by atoms with Crippen molar-refractivity contribution in [3.63, 3.8) is 0 Å². The van der Waals surface area contributed by atoms with Crippen LogP contribution in [0, 0.1) is 13.8 Å². The van der Waals surface area contributed by atoms with E-state index in [1.54, 1.807) is 0 Å². The number of hydrogen-bond donors (Lipinski definition) is 1. The van der Waals surface area contributed by atoms with Gasteiger partial charge >= 0.3 is 0 Å². The number of aryl methyl sites for hydroxylation is 2. The van der Waals surface area contributed by atoms with Crippen molar-refractivity contribution in [3.05, 3.63) is 32.9 Å². The molecule has 0 spiro atoms. The Bertz CT molecular complexity index is 552. The summed E-state index contributed by atoms with van der Waals surface area (Å²) in [5, 5.41) is 1.48. The molecule has 2 rings (SSSR count). The first-order valence-electron chi connectivity index (χ1n) is 4.52. The van der Waals surface area contributed by atoms with E-state index in [-0.39, 0.29) is 0 Å². The van der Waals surface area contributed by atoms with Crippen LogP contribution < -0.4 is 5.73 Å². The Morgan fingerprint density at radius 1 is 1.33 bits per heavy atom. The quantitative estimate of drug-likeness (QED) is 0.747. The molecule has 0 saturated heterocycles. The Labute approximate surface area is 102 Å². The third-order valence-corrected chi connectivity index (χ3v) is 3.30. The van der Waals surface area contributed by atoms with Crippen molar-refractivity contribution in [1.82, 2.24) is 4.98 Å². The number of halogens is 2. The summed E-state index contributed by atoms with van der Waals surface area (Å²) in [5.74, 6) is 0. The molecular weight excluding hydrogens is 275 g/mol. The van der Waals surface area contributed by atoms with Crippen molar-refractivity contribution >= 4 is 44.1 Å². The van der Waals surface area contributed by atoms with Gasteiger partial charge in [0.2, 0.25) is 0 Å². The molecule has 0 unspecified atom stereocenters. The number of rotatable bonds is 0. The highest BCUT2D eigenvalue weighted by Gasteiger charge is 2.11. The smallest absolute Gasteiger partial charge is 0.0770 e. The zero-order valence-corrected chi connectivity index (χ0v) is 10.8. The summed E-state index contributed by atoms with van der Waals surface area (Å²) in [4.78, 5) is 4.45. The normalized spacial score (nSPS) is 10.9. The number of nitrogens with two attached hydrogens (primary N) is 1. The summed E-state index contributed by atoms with van der Waals surface area (Å²) < 4.78 is 0.861. The molecule has 0 radical (unpaired) electrons. The van der Waals surface area contributed by atoms with E-state index >= 15 is 0 Å². The third kappa shape index (κ3) is 1.70. The van der Waals surface area contributed by atoms with Crippen molar-refractivity contribution < 1.29 is 0 Å². The highest BCUT2D eigenvalue weighted by Crippen LogP contribution is 2.35. The maximum Gasteiger partial charge on any atom is 0.0770 e. The number of anilines is 1. The predicted molar refractivity (Wildman–Crippen MR) is 68.3 cm³/mol. The van der Waals surface area contributed by atoms with Crippen LogP contribution in [-0.4, -0.2) is 4.98 Å². The Kier molecular flexibility index (Phi) is 2.61. The second-order valence-electron chi connectivity index (χ2n) is 3.56. The fourth-order valence-electron chi connectivity index (χ4n) is 1.63. The molecule has 2 N–H and O–H groups in total. The van der Waals surface area contributed by atoms with Crippen LogP contribution in [0.25, 0.3) is 10.9 Å². The van der Waals surface area contributed by atoms with E-state index in [2.05, 4.69) is 20.9 Å². The minimum atomic E-state index is 0.646. The molecule has 15 heavy (non-hydrogen) atoms. The molecule has 0 fully saturated rings. The molecule has 0 aliphatic carbocycles. The van der Waals surface area contributed by atoms with Crippen molar-refractivity contribution in [2.45, 2.75) is 13.8 Å². The van der Waals surface area contributed by atoms with Crippen LogP contribution in [0.5, 0.6) is 0 Å². The summed E-state index contributed by atoms with van der Waals surface area (Å²) in [5.41, 5.74) is 9.46. The number of hydrogen-bond acceptors (Lipinski definition) is 2. The van der Waals surface area contributed by atoms with E-state index < -0.39 is 0 Å². The lowest BCUT2D eigenvalue weighted by atomic mass is 10.1. The maximum absolute atomic E-state index is 6.17. The lowest BCUT2D eigenvalue weighted by molar-refractivity contribution is 1.24. The SMILES string of the molecule is Cc1cc(Cl)c2c(N)c(Br)cc(C)c2n1. The van der Waals surface area contributed by atoms with Gasteiger partial charge in [-0.05, 0) is 47.5 Å². The summed E-state index contributed by atoms with van der Waals surface area (Å²) in [7, 11) is 0. The zero-order chi connectivity index (χ0) is 11.2. The van der Waals surface area contributed by atoms with Crippen LogP contribution in [0.3, 0.4) is 0 Å². The van der Waals surface area contributed by atoms with Gasteiger partial charge < -0.3 is 5.73 Å². The van der Waals surface area contributed by atoms with Gasteiger partial charge in [0.1, 0.15) is 0 Å². The number of nitrogen functional groups attached to an aromatic ring is 1. The molecule has 1 aromatic heterocycles. The molecule has 0 aliphatic heterocycles. The van der Waals surface area contributed by atoms with E-state index in [9.17, 15) is 0 Å². The van der Waals surface area contributed by atoms with Gasteiger partial charge in [-0.1, -0.05) is 11.6 Å². The number of benzene rings is 1. The van der Waals surface area contributed by atoms with Crippen molar-refractivity contribution in [1.29, 1.82) is 0 Å². The molecule has 2 nitrogen and oxygen atoms in total. The standard InChI is InChI=1S/C11H10BrClN2/c1-5-3-7(12)10(14)9-8(13)4-6(2)15-11(5)9/h3-4H,14H2,1-2H3. The Hall–Kier alpha value is -0.800. The summed E-state index contributed by atoms with van der Waals surface area (Å²) in [6, 6.07) is 3.78. The van der Waals surface area contributed by atoms with Crippen molar-refractivity contribution in [3.8, 4) is 0 Å². The van der Waals surface area contributed by atoms with Gasteiger partial charge in [0, 0.05) is 15.6 Å². The molecule has 0 atom stereocenters. The van der Waals surface area contributed by atoms with Crippen LogP contribution >= 0.6 is 27.5 Å². The van der Waals surface area contributed by atoms with Gasteiger partial charge in [-0.3, -0.25) is 4.98 Å². The van der Waals surface area contributed by atoms with Crippen LogP contribution in [0.1, 0.15) is 11.3 Å². The van der Waals surface area contributed by atoms with Crippen LogP contribution in [0.15, 0.2) is 16.6 Å². The van der Waals surface area contributed by atoms with Gasteiger partial charge in [-0.2, -0.15) is 0 Å². The largest absolute Gasteiger partial charge is 0.397 e. The molecular formula is C11H10BrClN2. The van der Waals surface area contributed by atoms with Gasteiger partial charge in [0.25, 0.3) is 0 Å². The molecule has 4 heteroatoms. The van der Waals surface area contributed by atoms with E-state index in [1.165, 1.54) is 0 Å². The monoisotopic (exact) mass is 284 g/mol. The van der Waals surface area contributed by atoms with Crippen LogP contribution in [0.4, 0.5) is 5.69 Å². The maximum atomic E-state index is 6.17. The Balaban J connectivity index is 3.03. The number of pyridine rings is 1. The minimum Gasteiger partial charge on any atom is -0.397 e. The number of aromatic nitrogens is 1. The van der Waals surface area contributed by atoms with Crippen molar-refractivity contribution in [2.24, 2.45) is 0 Å². The third-order valence-electron chi connectivity index (χ3n) is 2.34. The van der Waals surface area contributed by atoms with E-state index in [4.69, 9.17) is 17.3 Å². The fourth-order valence-corrected chi connectivity index (χ4v) is 2.52. The number of fused-ring (bicyclic) bond motifs is 1. The molecule has 0 saturated carbocycles. The average molecular weight is 286 g/mol. The minimum absolute atomic E-state index is 0.646. The highest BCUT2D eigenvalue weighted by atomic mass is 79.9. The Morgan fingerprint density at radius 2 is 2.00 bits per heavy atom. The molecule has 2 aromatic rings. The lowest BCUT2D eigenvalue weighted by Gasteiger charge is -2.09. The molecule has 1 aromatic carbocycles. The Morgan fingerprint density at radius 3 is 2.67 bits per heavy atom. The first-order valence-corrected chi connectivity index (χ1v) is 5.69. The summed E-state index contributed by atoms with van der Waals surface area (Å²) in [6.45, 7) is 3.91. The topological polar surface area (TPSA) is 38.9 Å². The van der Waals surface area contributed by atoms with Gasteiger partial charge in [-0.25, -0.2) is 0 Å². The lowest BCUT2D eigenvalue weighted by Crippen LogP contribution is -1.95. The number of nitrogens with zero attached hydrogens (tertiary/aromatic N) is 1. The second kappa shape index (κ2) is 3.65. The van der Waals surface area contributed by atoms with E-state index in [0.29, 0.717) is 10.7 Å². The van der Waals surface area contributed by atoms with Gasteiger partial charge in [0.05, 0.1) is 16.2 Å².